The Morgan fingerprint density at radius 2 is 1.81 bits per heavy atom. The molecule has 1 aliphatic heterocycles. The lowest BCUT2D eigenvalue weighted by Gasteiger charge is -2.35. The summed E-state index contributed by atoms with van der Waals surface area (Å²) in [7, 11) is 3.14. The molecule has 0 bridgehead atoms. The van der Waals surface area contributed by atoms with Crippen molar-refractivity contribution >= 4 is 40.2 Å². The van der Waals surface area contributed by atoms with Gasteiger partial charge in [-0.1, -0.05) is 23.1 Å². The number of piperazine rings is 1. The van der Waals surface area contributed by atoms with Gasteiger partial charge in [-0.2, -0.15) is 4.98 Å². The molecule has 4 heterocycles. The molecule has 1 saturated heterocycles. The van der Waals surface area contributed by atoms with E-state index in [0.29, 0.717) is 36.0 Å². The summed E-state index contributed by atoms with van der Waals surface area (Å²) in [4.78, 5) is 34.5. The van der Waals surface area contributed by atoms with E-state index >= 15 is 0 Å². The van der Waals surface area contributed by atoms with E-state index in [1.54, 1.807) is 30.1 Å². The van der Waals surface area contributed by atoms with Crippen molar-refractivity contribution in [2.24, 2.45) is 14.1 Å². The first-order valence-corrected chi connectivity index (χ1v) is 11.9. The van der Waals surface area contributed by atoms with E-state index in [9.17, 15) is 14.7 Å². The predicted octanol–water partition coefficient (Wildman–Crippen LogP) is -0.500. The minimum atomic E-state index is -0.389. The van der Waals surface area contributed by atoms with Gasteiger partial charge in [-0.25, -0.2) is 4.79 Å². The van der Waals surface area contributed by atoms with Crippen LogP contribution in [0.2, 0.25) is 0 Å². The zero-order valence-electron chi connectivity index (χ0n) is 17.8. The third kappa shape index (κ3) is 4.27. The number of imidazole rings is 1. The lowest BCUT2D eigenvalue weighted by atomic mass is 10.3. The van der Waals surface area contributed by atoms with Crippen molar-refractivity contribution in [3.63, 3.8) is 0 Å². The van der Waals surface area contributed by atoms with Crippen LogP contribution >= 0.6 is 23.1 Å². The molecule has 1 aliphatic rings. The number of aliphatic hydroxyl groups is 1. The molecular weight excluding hydrogens is 440 g/mol. The first-order valence-electron chi connectivity index (χ1n) is 10.1. The molecule has 0 aromatic carbocycles. The minimum absolute atomic E-state index is 0.138. The summed E-state index contributed by atoms with van der Waals surface area (Å²) in [5.74, 6) is 1.40. The molecule has 1 fully saturated rings. The van der Waals surface area contributed by atoms with E-state index in [1.807, 2.05) is 11.5 Å². The Morgan fingerprint density at radius 3 is 2.45 bits per heavy atom. The van der Waals surface area contributed by atoms with Crippen molar-refractivity contribution in [3.8, 4) is 0 Å². The smallest absolute Gasteiger partial charge is 0.332 e. The van der Waals surface area contributed by atoms with Crippen LogP contribution in [0.3, 0.4) is 0 Å². The minimum Gasteiger partial charge on any atom is -0.395 e. The van der Waals surface area contributed by atoms with Gasteiger partial charge in [-0.05, 0) is 6.92 Å². The number of fused-ring (bicyclic) bond motifs is 1. The maximum Gasteiger partial charge on any atom is 0.332 e. The normalized spacial score (nSPS) is 15.3. The highest BCUT2D eigenvalue weighted by Crippen LogP contribution is 2.25. The second kappa shape index (κ2) is 9.10. The number of hydrogen-bond donors (Lipinski definition) is 1. The maximum atomic E-state index is 13.0. The quantitative estimate of drug-likeness (QED) is 0.460. The maximum absolute atomic E-state index is 13.0. The highest BCUT2D eigenvalue weighted by molar-refractivity contribution is 8.01. The van der Waals surface area contributed by atoms with Crippen LogP contribution in [0.5, 0.6) is 0 Å². The Kier molecular flexibility index (Phi) is 6.46. The van der Waals surface area contributed by atoms with Crippen molar-refractivity contribution in [1.29, 1.82) is 0 Å². The summed E-state index contributed by atoms with van der Waals surface area (Å²) in [5.41, 5.74) is 0.108. The fourth-order valence-corrected chi connectivity index (χ4v) is 5.57. The van der Waals surface area contributed by atoms with Gasteiger partial charge in [-0.3, -0.25) is 18.8 Å². The molecule has 0 saturated carbocycles. The van der Waals surface area contributed by atoms with E-state index < -0.39 is 0 Å². The summed E-state index contributed by atoms with van der Waals surface area (Å²) in [6.07, 6.45) is 0. The highest BCUT2D eigenvalue weighted by atomic mass is 32.2. The van der Waals surface area contributed by atoms with Gasteiger partial charge in [0.2, 0.25) is 5.95 Å². The van der Waals surface area contributed by atoms with Gasteiger partial charge >= 0.3 is 5.69 Å². The molecule has 0 radical (unpaired) electrons. The third-order valence-electron chi connectivity index (χ3n) is 5.45. The lowest BCUT2D eigenvalue weighted by Crippen LogP contribution is -2.48. The summed E-state index contributed by atoms with van der Waals surface area (Å²) in [6.45, 7) is 6.35. The SMILES string of the molecule is Cc1nnc(SCCn2c(N3CCN(CCO)CC3)nc3c2c(=O)n(C)c(=O)n3C)s1. The molecule has 3 aromatic heterocycles. The number of thioether (sulfide) groups is 1. The van der Waals surface area contributed by atoms with Gasteiger partial charge in [0, 0.05) is 59.1 Å². The number of rotatable bonds is 7. The monoisotopic (exact) mass is 466 g/mol. The Hall–Kier alpha value is -2.22. The molecule has 0 atom stereocenters. The topological polar surface area (TPSA) is 114 Å². The molecule has 11 nitrogen and oxygen atoms in total. The van der Waals surface area contributed by atoms with Gasteiger partial charge in [0.25, 0.3) is 5.56 Å². The van der Waals surface area contributed by atoms with Gasteiger partial charge < -0.3 is 14.6 Å². The Balaban J connectivity index is 1.69. The van der Waals surface area contributed by atoms with E-state index in [2.05, 4.69) is 20.0 Å². The van der Waals surface area contributed by atoms with Crippen molar-refractivity contribution in [1.82, 2.24) is 33.8 Å². The molecule has 168 valence electrons. The fraction of sp³-hybridized carbons (Fsp3) is 0.611. The van der Waals surface area contributed by atoms with Crippen LogP contribution in [-0.4, -0.2) is 84.0 Å². The van der Waals surface area contributed by atoms with Crippen LogP contribution in [0.1, 0.15) is 5.01 Å². The van der Waals surface area contributed by atoms with Crippen LogP contribution in [0, 0.1) is 6.92 Å². The zero-order valence-corrected chi connectivity index (χ0v) is 19.4. The van der Waals surface area contributed by atoms with Crippen LogP contribution in [0.25, 0.3) is 11.2 Å². The summed E-state index contributed by atoms with van der Waals surface area (Å²) >= 11 is 3.14. The zero-order chi connectivity index (χ0) is 22.1. The molecule has 13 heteroatoms. The van der Waals surface area contributed by atoms with E-state index in [0.717, 1.165) is 40.1 Å². The lowest BCUT2D eigenvalue weighted by molar-refractivity contribution is 0.188. The molecule has 31 heavy (non-hydrogen) atoms. The Bertz CT molecular complexity index is 1190. The van der Waals surface area contributed by atoms with Gasteiger partial charge in [0.05, 0.1) is 6.61 Å². The average molecular weight is 467 g/mol. The standard InChI is InChI=1S/C18H26N8O3S2/c1-12-20-21-17(31-12)30-11-9-26-13-14(22(2)18(29)23(3)15(13)28)19-16(26)25-6-4-24(5-7-25)8-10-27/h27H,4-11H2,1-3H3. The third-order valence-corrected chi connectivity index (χ3v) is 7.40. The molecule has 0 amide bonds. The van der Waals surface area contributed by atoms with Crippen LogP contribution < -0.4 is 16.1 Å². The average Bonchev–Trinajstić information content (AvgIpc) is 3.35. The summed E-state index contributed by atoms with van der Waals surface area (Å²) < 4.78 is 5.38. The van der Waals surface area contributed by atoms with E-state index in [1.165, 1.54) is 11.6 Å². The number of anilines is 1. The predicted molar refractivity (Wildman–Crippen MR) is 121 cm³/mol. The Morgan fingerprint density at radius 1 is 1.06 bits per heavy atom. The number of aliphatic hydroxyl groups excluding tert-OH is 1. The largest absolute Gasteiger partial charge is 0.395 e. The van der Waals surface area contributed by atoms with Crippen molar-refractivity contribution in [2.45, 2.75) is 17.8 Å². The highest BCUT2D eigenvalue weighted by Gasteiger charge is 2.25. The second-order valence-corrected chi connectivity index (χ2v) is 9.95. The van der Waals surface area contributed by atoms with Crippen LogP contribution in [0.15, 0.2) is 13.9 Å². The number of aromatic nitrogens is 6. The molecule has 0 spiro atoms. The molecule has 3 aromatic rings. The number of aryl methyl sites for hydroxylation is 3. The number of β-amino-alcohol motifs (C(OH)–C–C–N with tert-alkyl or cyclic N) is 1. The molecule has 4 rings (SSSR count). The van der Waals surface area contributed by atoms with E-state index in [-0.39, 0.29) is 17.9 Å². The summed E-state index contributed by atoms with van der Waals surface area (Å²) in [5, 5.41) is 18.3. The molecule has 1 N–H and O–H groups in total. The summed E-state index contributed by atoms with van der Waals surface area (Å²) in [6, 6.07) is 0. The molecular formula is C18H26N8O3S2. The first kappa shape index (κ1) is 22.0. The van der Waals surface area contributed by atoms with Gasteiger partial charge in [-0.15, -0.1) is 10.2 Å². The van der Waals surface area contributed by atoms with Crippen molar-refractivity contribution in [2.75, 3.05) is 50.0 Å². The van der Waals surface area contributed by atoms with E-state index in [4.69, 9.17) is 4.98 Å². The Labute approximate surface area is 186 Å². The van der Waals surface area contributed by atoms with Crippen molar-refractivity contribution < 1.29 is 5.11 Å². The molecule has 0 aliphatic carbocycles. The van der Waals surface area contributed by atoms with Gasteiger partial charge in [0.1, 0.15) is 5.01 Å². The van der Waals surface area contributed by atoms with Crippen LogP contribution in [-0.2, 0) is 20.6 Å². The van der Waals surface area contributed by atoms with Crippen molar-refractivity contribution in [3.05, 3.63) is 25.8 Å². The van der Waals surface area contributed by atoms with Gasteiger partial charge in [0.15, 0.2) is 15.5 Å². The fourth-order valence-electron chi connectivity index (χ4n) is 3.76. The number of nitrogens with zero attached hydrogens (tertiary/aromatic N) is 8. The molecule has 0 unspecified atom stereocenters. The first-order chi connectivity index (χ1) is 14.9. The second-order valence-electron chi connectivity index (χ2n) is 7.43. The van der Waals surface area contributed by atoms with Crippen LogP contribution in [0.4, 0.5) is 5.95 Å². The number of hydrogen-bond acceptors (Lipinski definition) is 10.